The van der Waals surface area contributed by atoms with Crippen molar-refractivity contribution in [2.75, 3.05) is 0 Å². The van der Waals surface area contributed by atoms with Crippen molar-refractivity contribution >= 4 is 27.2 Å². The van der Waals surface area contributed by atoms with E-state index in [0.29, 0.717) is 22.8 Å². The first-order valence-electron chi connectivity index (χ1n) is 4.67. The molecule has 0 amide bonds. The van der Waals surface area contributed by atoms with Gasteiger partial charge in [-0.3, -0.25) is 4.98 Å². The molecule has 0 radical (unpaired) electrons. The van der Waals surface area contributed by atoms with Crippen LogP contribution in [0.15, 0.2) is 45.5 Å². The van der Waals surface area contributed by atoms with Gasteiger partial charge in [0.2, 0.25) is 5.89 Å². The Balaban J connectivity index is 2.19. The van der Waals surface area contributed by atoms with Crippen LogP contribution in [0.2, 0.25) is 0 Å². The van der Waals surface area contributed by atoms with Crippen molar-refractivity contribution < 1.29 is 4.42 Å². The molecule has 0 atom stereocenters. The van der Waals surface area contributed by atoms with Gasteiger partial charge in [0.25, 0.3) is 0 Å². The molecule has 5 heteroatoms. The van der Waals surface area contributed by atoms with Gasteiger partial charge in [-0.05, 0) is 40.2 Å². The van der Waals surface area contributed by atoms with Crippen molar-refractivity contribution in [3.63, 3.8) is 0 Å². The normalized spacial score (nSPS) is 10.8. The summed E-state index contributed by atoms with van der Waals surface area (Å²) >= 11 is 3.29. The minimum Gasteiger partial charge on any atom is -0.433 e. The van der Waals surface area contributed by atoms with E-state index in [2.05, 4.69) is 30.9 Å². The average Bonchev–Trinajstić information content (AvgIpc) is 2.73. The topological polar surface area (TPSA) is 51.8 Å². The van der Waals surface area contributed by atoms with E-state index in [-0.39, 0.29) is 0 Å². The predicted molar refractivity (Wildman–Crippen MR) is 62.7 cm³/mol. The molecule has 16 heavy (non-hydrogen) atoms. The number of rotatable bonds is 1. The van der Waals surface area contributed by atoms with Crippen molar-refractivity contribution in [1.82, 2.24) is 15.0 Å². The second-order valence-corrected chi connectivity index (χ2v) is 4.00. The van der Waals surface area contributed by atoms with Crippen molar-refractivity contribution in [2.45, 2.75) is 0 Å². The van der Waals surface area contributed by atoms with Gasteiger partial charge >= 0.3 is 0 Å². The third-order valence-corrected chi connectivity index (χ3v) is 2.55. The van der Waals surface area contributed by atoms with Gasteiger partial charge in [0, 0.05) is 6.20 Å². The average molecular weight is 276 g/mol. The van der Waals surface area contributed by atoms with Crippen LogP contribution in [0.5, 0.6) is 0 Å². The number of oxazole rings is 1. The molecule has 0 N–H and O–H groups in total. The summed E-state index contributed by atoms with van der Waals surface area (Å²) in [6.07, 6.45) is 1.70. The van der Waals surface area contributed by atoms with Crippen LogP contribution in [-0.4, -0.2) is 15.0 Å². The molecule has 0 aliphatic rings. The molecule has 3 rings (SSSR count). The van der Waals surface area contributed by atoms with Crippen LogP contribution in [0.25, 0.3) is 22.8 Å². The highest BCUT2D eigenvalue weighted by Crippen LogP contribution is 2.22. The van der Waals surface area contributed by atoms with E-state index in [1.165, 1.54) is 0 Å². The van der Waals surface area contributed by atoms with E-state index in [9.17, 15) is 0 Å². The Bertz CT molecular complexity index is 636. The molecule has 78 valence electrons. The van der Waals surface area contributed by atoms with Crippen LogP contribution in [0.1, 0.15) is 0 Å². The van der Waals surface area contributed by atoms with Crippen molar-refractivity contribution in [3.8, 4) is 11.6 Å². The molecule has 3 heterocycles. The molecule has 0 aliphatic heterocycles. The van der Waals surface area contributed by atoms with Crippen LogP contribution < -0.4 is 0 Å². The molecule has 0 bridgehead atoms. The van der Waals surface area contributed by atoms with Gasteiger partial charge in [0.05, 0.1) is 0 Å². The standard InChI is InChI=1S/C11H6BrN3O/c12-9-5-4-8-10(14-9)15-11(16-8)7-3-1-2-6-13-7/h1-6H. The molecule has 0 saturated heterocycles. The first kappa shape index (κ1) is 9.47. The third-order valence-electron chi connectivity index (χ3n) is 2.10. The largest absolute Gasteiger partial charge is 0.433 e. The fourth-order valence-electron chi connectivity index (χ4n) is 1.39. The summed E-state index contributed by atoms with van der Waals surface area (Å²) in [5.41, 5.74) is 1.94. The van der Waals surface area contributed by atoms with Gasteiger partial charge < -0.3 is 4.42 Å². The Morgan fingerprint density at radius 3 is 2.81 bits per heavy atom. The molecule has 0 saturated carbocycles. The SMILES string of the molecule is Brc1ccc2oc(-c3ccccn3)nc2n1. The van der Waals surface area contributed by atoms with Gasteiger partial charge in [0.15, 0.2) is 11.2 Å². The molecule has 0 spiro atoms. The minimum absolute atomic E-state index is 0.487. The maximum absolute atomic E-state index is 5.55. The fourth-order valence-corrected chi connectivity index (χ4v) is 1.69. The summed E-state index contributed by atoms with van der Waals surface area (Å²) in [6.45, 7) is 0. The van der Waals surface area contributed by atoms with E-state index in [1.54, 1.807) is 6.20 Å². The van der Waals surface area contributed by atoms with Gasteiger partial charge in [-0.2, -0.15) is 4.98 Å². The molecule has 0 unspecified atom stereocenters. The molecular weight excluding hydrogens is 270 g/mol. The molecule has 3 aromatic rings. The maximum Gasteiger partial charge on any atom is 0.247 e. The Kier molecular flexibility index (Phi) is 2.18. The number of hydrogen-bond donors (Lipinski definition) is 0. The first-order valence-corrected chi connectivity index (χ1v) is 5.47. The third kappa shape index (κ3) is 1.59. The van der Waals surface area contributed by atoms with Crippen molar-refractivity contribution in [3.05, 3.63) is 41.1 Å². The molecule has 3 aromatic heterocycles. The van der Waals surface area contributed by atoms with Crippen LogP contribution in [0.4, 0.5) is 0 Å². The summed E-state index contributed by atoms with van der Waals surface area (Å²) < 4.78 is 6.29. The summed E-state index contributed by atoms with van der Waals surface area (Å²) in [4.78, 5) is 12.7. The highest BCUT2D eigenvalue weighted by Gasteiger charge is 2.09. The Morgan fingerprint density at radius 1 is 1.06 bits per heavy atom. The van der Waals surface area contributed by atoms with E-state index < -0.39 is 0 Å². The second-order valence-electron chi connectivity index (χ2n) is 3.19. The van der Waals surface area contributed by atoms with Crippen LogP contribution in [-0.2, 0) is 0 Å². The number of fused-ring (bicyclic) bond motifs is 1. The number of halogens is 1. The highest BCUT2D eigenvalue weighted by atomic mass is 79.9. The van der Waals surface area contributed by atoms with Gasteiger partial charge in [-0.15, -0.1) is 0 Å². The molecular formula is C11H6BrN3O. The lowest BCUT2D eigenvalue weighted by molar-refractivity contribution is 0.616. The lowest BCUT2D eigenvalue weighted by atomic mass is 10.3. The van der Waals surface area contributed by atoms with Crippen LogP contribution >= 0.6 is 15.9 Å². The summed E-state index contributed by atoms with van der Waals surface area (Å²) in [7, 11) is 0. The zero-order valence-corrected chi connectivity index (χ0v) is 9.68. The quantitative estimate of drug-likeness (QED) is 0.641. The Morgan fingerprint density at radius 2 is 2.00 bits per heavy atom. The molecule has 0 fully saturated rings. The van der Waals surface area contributed by atoms with E-state index in [0.717, 1.165) is 4.60 Å². The maximum atomic E-state index is 5.55. The lowest BCUT2D eigenvalue weighted by Crippen LogP contribution is -1.81. The number of aromatic nitrogens is 3. The van der Waals surface area contributed by atoms with Crippen LogP contribution in [0, 0.1) is 0 Å². The number of hydrogen-bond acceptors (Lipinski definition) is 4. The lowest BCUT2D eigenvalue weighted by Gasteiger charge is -1.90. The number of pyridine rings is 2. The summed E-state index contributed by atoms with van der Waals surface area (Å²) in [5, 5.41) is 0. The van der Waals surface area contributed by atoms with Gasteiger partial charge in [0.1, 0.15) is 10.3 Å². The van der Waals surface area contributed by atoms with Gasteiger partial charge in [-0.1, -0.05) is 6.07 Å². The zero-order valence-electron chi connectivity index (χ0n) is 8.09. The van der Waals surface area contributed by atoms with Crippen molar-refractivity contribution in [1.29, 1.82) is 0 Å². The monoisotopic (exact) mass is 275 g/mol. The fraction of sp³-hybridized carbons (Fsp3) is 0. The number of nitrogens with zero attached hydrogens (tertiary/aromatic N) is 3. The molecule has 0 aliphatic carbocycles. The molecule has 4 nitrogen and oxygen atoms in total. The zero-order chi connectivity index (χ0) is 11.0. The first-order chi connectivity index (χ1) is 7.83. The minimum atomic E-state index is 0.487. The van der Waals surface area contributed by atoms with E-state index in [4.69, 9.17) is 4.42 Å². The van der Waals surface area contributed by atoms with E-state index in [1.807, 2.05) is 30.3 Å². The Hall–Kier alpha value is -1.75. The van der Waals surface area contributed by atoms with Gasteiger partial charge in [-0.25, -0.2) is 4.98 Å². The second kappa shape index (κ2) is 3.68. The Labute approximate surface area is 99.5 Å². The summed E-state index contributed by atoms with van der Waals surface area (Å²) in [5.74, 6) is 0.487. The highest BCUT2D eigenvalue weighted by molar-refractivity contribution is 9.10. The predicted octanol–water partition coefficient (Wildman–Crippen LogP) is 3.05. The summed E-state index contributed by atoms with van der Waals surface area (Å²) in [6, 6.07) is 9.23. The van der Waals surface area contributed by atoms with Crippen LogP contribution in [0.3, 0.4) is 0 Å². The van der Waals surface area contributed by atoms with Crippen molar-refractivity contribution in [2.24, 2.45) is 0 Å². The molecule has 0 aromatic carbocycles. The van der Waals surface area contributed by atoms with E-state index >= 15 is 0 Å². The smallest absolute Gasteiger partial charge is 0.247 e.